The van der Waals surface area contributed by atoms with E-state index in [1.807, 2.05) is 0 Å². The largest absolute Gasteiger partial charge is 0.493 e. The standard InChI is InChI=1S/C20H23F4N3O2/c1-25-19(26-10-9-14-3-6-16(21)7-4-14)27-12-15-5-8-17(18(11-15)28-2)29-13-20(22,23)24/h3-8,11H,9-10,12-13H2,1-2H3,(H2,25,26,27). The van der Waals surface area contributed by atoms with Crippen molar-refractivity contribution in [3.63, 3.8) is 0 Å². The van der Waals surface area contributed by atoms with Crippen LogP contribution in [0, 0.1) is 5.82 Å². The van der Waals surface area contributed by atoms with E-state index < -0.39 is 12.8 Å². The molecule has 0 radical (unpaired) electrons. The molecule has 5 nitrogen and oxygen atoms in total. The molecule has 0 aliphatic heterocycles. The fourth-order valence-corrected chi connectivity index (χ4v) is 2.48. The summed E-state index contributed by atoms with van der Waals surface area (Å²) in [5.74, 6) is 0.524. The molecule has 2 aromatic rings. The first-order valence-corrected chi connectivity index (χ1v) is 8.86. The molecular weight excluding hydrogens is 390 g/mol. The lowest BCUT2D eigenvalue weighted by Crippen LogP contribution is -2.37. The van der Waals surface area contributed by atoms with Crippen LogP contribution in [-0.4, -0.2) is 39.4 Å². The topological polar surface area (TPSA) is 54.9 Å². The molecule has 2 aromatic carbocycles. The number of alkyl halides is 3. The van der Waals surface area contributed by atoms with Crippen molar-refractivity contribution >= 4 is 5.96 Å². The molecule has 0 heterocycles. The second-order valence-corrected chi connectivity index (χ2v) is 6.12. The number of ether oxygens (including phenoxy) is 2. The number of nitrogens with zero attached hydrogens (tertiary/aromatic N) is 1. The van der Waals surface area contributed by atoms with Gasteiger partial charge in [0.2, 0.25) is 0 Å². The first kappa shape index (κ1) is 22.3. The minimum absolute atomic E-state index is 0.0235. The number of benzene rings is 2. The van der Waals surface area contributed by atoms with Gasteiger partial charge >= 0.3 is 6.18 Å². The van der Waals surface area contributed by atoms with Gasteiger partial charge in [0, 0.05) is 20.1 Å². The van der Waals surface area contributed by atoms with Crippen molar-refractivity contribution in [3.8, 4) is 11.5 Å². The van der Waals surface area contributed by atoms with Gasteiger partial charge in [0.05, 0.1) is 7.11 Å². The molecule has 2 rings (SSSR count). The summed E-state index contributed by atoms with van der Waals surface area (Å²) in [6.45, 7) is -0.406. The smallest absolute Gasteiger partial charge is 0.422 e. The fourth-order valence-electron chi connectivity index (χ4n) is 2.48. The Morgan fingerprint density at radius 1 is 1.00 bits per heavy atom. The molecule has 0 saturated carbocycles. The van der Waals surface area contributed by atoms with Crippen molar-refractivity contribution in [2.24, 2.45) is 4.99 Å². The van der Waals surface area contributed by atoms with Gasteiger partial charge in [-0.3, -0.25) is 4.99 Å². The summed E-state index contributed by atoms with van der Waals surface area (Å²) in [7, 11) is 2.99. The quantitative estimate of drug-likeness (QED) is 0.394. The molecule has 9 heteroatoms. The van der Waals surface area contributed by atoms with Crippen molar-refractivity contribution in [2.45, 2.75) is 19.1 Å². The van der Waals surface area contributed by atoms with E-state index in [-0.39, 0.29) is 17.3 Å². The maximum atomic E-state index is 12.9. The number of methoxy groups -OCH3 is 1. The Bertz CT molecular complexity index is 808. The first-order chi connectivity index (χ1) is 13.8. The summed E-state index contributed by atoms with van der Waals surface area (Å²) in [6, 6.07) is 11.0. The second-order valence-electron chi connectivity index (χ2n) is 6.12. The van der Waals surface area contributed by atoms with E-state index >= 15 is 0 Å². The van der Waals surface area contributed by atoms with E-state index in [0.29, 0.717) is 25.5 Å². The highest BCUT2D eigenvalue weighted by Crippen LogP contribution is 2.29. The zero-order chi connectivity index (χ0) is 21.3. The predicted octanol–water partition coefficient (Wildman–Crippen LogP) is 3.68. The molecule has 0 fully saturated rings. The van der Waals surface area contributed by atoms with Gasteiger partial charge in [-0.25, -0.2) is 4.39 Å². The summed E-state index contributed by atoms with van der Waals surface area (Å²) in [5.41, 5.74) is 1.77. The van der Waals surface area contributed by atoms with E-state index in [0.717, 1.165) is 11.1 Å². The Kier molecular flexibility index (Phi) is 8.11. The summed E-state index contributed by atoms with van der Waals surface area (Å²) in [6.07, 6.45) is -3.72. The molecule has 2 N–H and O–H groups in total. The lowest BCUT2D eigenvalue weighted by Gasteiger charge is -2.15. The molecule has 29 heavy (non-hydrogen) atoms. The van der Waals surface area contributed by atoms with E-state index in [1.54, 1.807) is 31.3 Å². The maximum Gasteiger partial charge on any atom is 0.422 e. The highest BCUT2D eigenvalue weighted by atomic mass is 19.4. The van der Waals surface area contributed by atoms with Crippen LogP contribution in [-0.2, 0) is 13.0 Å². The molecule has 0 bridgehead atoms. The molecule has 0 atom stereocenters. The molecule has 0 aromatic heterocycles. The fraction of sp³-hybridized carbons (Fsp3) is 0.350. The van der Waals surface area contributed by atoms with Crippen LogP contribution in [0.2, 0.25) is 0 Å². The maximum absolute atomic E-state index is 12.9. The van der Waals surface area contributed by atoms with Gasteiger partial charge < -0.3 is 20.1 Å². The molecular formula is C20H23F4N3O2. The van der Waals surface area contributed by atoms with Crippen LogP contribution in [0.1, 0.15) is 11.1 Å². The summed E-state index contributed by atoms with van der Waals surface area (Å²) < 4.78 is 59.8. The van der Waals surface area contributed by atoms with Crippen molar-refractivity contribution in [3.05, 3.63) is 59.4 Å². The number of hydrogen-bond acceptors (Lipinski definition) is 3. The lowest BCUT2D eigenvalue weighted by molar-refractivity contribution is -0.153. The van der Waals surface area contributed by atoms with Gasteiger partial charge in [-0.05, 0) is 41.8 Å². The summed E-state index contributed by atoms with van der Waals surface area (Å²) >= 11 is 0. The molecule has 0 unspecified atom stereocenters. The molecule has 0 aliphatic carbocycles. The van der Waals surface area contributed by atoms with Crippen molar-refractivity contribution in [1.29, 1.82) is 0 Å². The number of nitrogens with one attached hydrogen (secondary N) is 2. The minimum Gasteiger partial charge on any atom is -0.493 e. The van der Waals surface area contributed by atoms with Crippen LogP contribution in [0.15, 0.2) is 47.5 Å². The number of halogens is 4. The summed E-state index contributed by atoms with van der Waals surface area (Å²) in [4.78, 5) is 4.12. The van der Waals surface area contributed by atoms with Crippen LogP contribution in [0.5, 0.6) is 11.5 Å². The molecule has 158 valence electrons. The third-order valence-electron chi connectivity index (χ3n) is 3.92. The van der Waals surface area contributed by atoms with E-state index in [1.165, 1.54) is 25.3 Å². The Morgan fingerprint density at radius 3 is 2.31 bits per heavy atom. The van der Waals surface area contributed by atoms with E-state index in [2.05, 4.69) is 15.6 Å². The number of guanidine groups is 1. The Labute approximate surface area is 166 Å². The Morgan fingerprint density at radius 2 is 1.69 bits per heavy atom. The average Bonchev–Trinajstić information content (AvgIpc) is 2.70. The van der Waals surface area contributed by atoms with E-state index in [9.17, 15) is 17.6 Å². The van der Waals surface area contributed by atoms with Gasteiger partial charge in [-0.1, -0.05) is 18.2 Å². The lowest BCUT2D eigenvalue weighted by atomic mass is 10.1. The van der Waals surface area contributed by atoms with Crippen LogP contribution >= 0.6 is 0 Å². The third kappa shape index (κ3) is 7.89. The third-order valence-corrected chi connectivity index (χ3v) is 3.92. The van der Waals surface area contributed by atoms with Gasteiger partial charge in [-0.2, -0.15) is 13.2 Å². The highest BCUT2D eigenvalue weighted by Gasteiger charge is 2.29. The molecule has 0 aliphatic rings. The van der Waals surface area contributed by atoms with Crippen LogP contribution in [0.3, 0.4) is 0 Å². The summed E-state index contributed by atoms with van der Waals surface area (Å²) in [5, 5.41) is 6.25. The molecule has 0 spiro atoms. The zero-order valence-corrected chi connectivity index (χ0v) is 16.1. The van der Waals surface area contributed by atoms with Gasteiger partial charge in [0.25, 0.3) is 0 Å². The van der Waals surface area contributed by atoms with Gasteiger partial charge in [0.1, 0.15) is 5.82 Å². The van der Waals surface area contributed by atoms with Crippen molar-refractivity contribution in [2.75, 3.05) is 27.3 Å². The molecule has 0 amide bonds. The molecule has 0 saturated heterocycles. The zero-order valence-electron chi connectivity index (χ0n) is 16.1. The monoisotopic (exact) mass is 413 g/mol. The Hall–Kier alpha value is -2.97. The van der Waals surface area contributed by atoms with Crippen molar-refractivity contribution in [1.82, 2.24) is 10.6 Å². The Balaban J connectivity index is 1.85. The van der Waals surface area contributed by atoms with Gasteiger partial charge in [0.15, 0.2) is 24.1 Å². The highest BCUT2D eigenvalue weighted by molar-refractivity contribution is 5.79. The second kappa shape index (κ2) is 10.5. The van der Waals surface area contributed by atoms with Crippen molar-refractivity contribution < 1.29 is 27.0 Å². The normalized spacial score (nSPS) is 11.9. The van der Waals surface area contributed by atoms with E-state index in [4.69, 9.17) is 9.47 Å². The number of hydrogen-bond donors (Lipinski definition) is 2. The van der Waals surface area contributed by atoms with Gasteiger partial charge in [-0.15, -0.1) is 0 Å². The minimum atomic E-state index is -4.42. The van der Waals surface area contributed by atoms with Crippen LogP contribution in [0.4, 0.5) is 17.6 Å². The predicted molar refractivity (Wildman–Crippen MR) is 103 cm³/mol. The van der Waals surface area contributed by atoms with Crippen LogP contribution < -0.4 is 20.1 Å². The SMILES string of the molecule is CN=C(NCCc1ccc(F)cc1)NCc1ccc(OCC(F)(F)F)c(OC)c1. The number of aliphatic imine (C=N–C) groups is 1. The average molecular weight is 413 g/mol. The first-order valence-electron chi connectivity index (χ1n) is 8.86. The number of rotatable bonds is 8. The van der Waals surface area contributed by atoms with Crippen LogP contribution in [0.25, 0.3) is 0 Å².